The van der Waals surface area contributed by atoms with Gasteiger partial charge in [0.2, 0.25) is 10.0 Å². The van der Waals surface area contributed by atoms with Gasteiger partial charge in [0.15, 0.2) is 0 Å². The molecule has 1 saturated heterocycles. The van der Waals surface area contributed by atoms with Gasteiger partial charge in [0.1, 0.15) is 5.82 Å². The molecule has 1 heterocycles. The highest BCUT2D eigenvalue weighted by Crippen LogP contribution is 2.36. The highest BCUT2D eigenvalue weighted by Gasteiger charge is 2.35. The van der Waals surface area contributed by atoms with Gasteiger partial charge in [-0.05, 0) is 92.6 Å². The summed E-state index contributed by atoms with van der Waals surface area (Å²) in [6, 6.07) is 19.8. The fourth-order valence-electron chi connectivity index (χ4n) is 5.41. The molecule has 3 aromatic carbocycles. The molecule has 198 valence electrons. The molecule has 0 bridgehead atoms. The third-order valence-corrected chi connectivity index (χ3v) is 10.3. The number of unbranched alkanes of at least 4 members (excludes halogenated alkanes) is 1. The van der Waals surface area contributed by atoms with Gasteiger partial charge in [-0.2, -0.15) is 4.31 Å². The zero-order valence-corrected chi connectivity index (χ0v) is 23.5. The SMILES string of the molecule is CCN(CCCCN1CC(c2ccc(-c3ccc(F)c(C)c3C)cc2)C1C)S(=O)(=O)c1ccccc1C. The molecule has 4 nitrogen and oxygen atoms in total. The van der Waals surface area contributed by atoms with E-state index in [1.807, 2.05) is 45.9 Å². The molecular formula is C31H39FN2O2S. The molecular weight excluding hydrogens is 483 g/mol. The Morgan fingerprint density at radius 1 is 0.946 bits per heavy atom. The van der Waals surface area contributed by atoms with Gasteiger partial charge in [-0.1, -0.05) is 55.5 Å². The molecule has 37 heavy (non-hydrogen) atoms. The smallest absolute Gasteiger partial charge is 0.243 e. The van der Waals surface area contributed by atoms with E-state index in [2.05, 4.69) is 36.1 Å². The van der Waals surface area contributed by atoms with Crippen LogP contribution in [0.3, 0.4) is 0 Å². The molecule has 1 aliphatic rings. The van der Waals surface area contributed by atoms with Crippen molar-refractivity contribution in [3.8, 4) is 11.1 Å². The third kappa shape index (κ3) is 5.66. The van der Waals surface area contributed by atoms with Crippen LogP contribution in [0.15, 0.2) is 65.6 Å². The standard InChI is InChI=1S/C31H39FN2O2S/c1-6-34(37(35,36)31-12-8-7-11-22(31)2)20-10-9-19-33-21-29(25(33)5)27-15-13-26(14-16-27)28-17-18-30(32)24(4)23(28)3/h7-8,11-18,25,29H,6,9-10,19-21H2,1-5H3. The highest BCUT2D eigenvalue weighted by atomic mass is 32.2. The van der Waals surface area contributed by atoms with Crippen LogP contribution >= 0.6 is 0 Å². The predicted molar refractivity (Wildman–Crippen MR) is 150 cm³/mol. The number of benzene rings is 3. The lowest BCUT2D eigenvalue weighted by molar-refractivity contribution is 0.0705. The van der Waals surface area contributed by atoms with E-state index in [1.165, 1.54) is 5.56 Å². The molecule has 6 heteroatoms. The summed E-state index contributed by atoms with van der Waals surface area (Å²) in [7, 11) is -3.46. The molecule has 1 aliphatic heterocycles. The fraction of sp³-hybridized carbons (Fsp3) is 0.419. The summed E-state index contributed by atoms with van der Waals surface area (Å²) in [5.41, 5.74) is 6.03. The zero-order valence-electron chi connectivity index (χ0n) is 22.7. The van der Waals surface area contributed by atoms with E-state index in [0.717, 1.165) is 48.2 Å². The number of aryl methyl sites for hydroxylation is 1. The molecule has 0 spiro atoms. The molecule has 1 fully saturated rings. The van der Waals surface area contributed by atoms with Crippen molar-refractivity contribution < 1.29 is 12.8 Å². The maximum Gasteiger partial charge on any atom is 0.243 e. The molecule has 4 rings (SSSR count). The molecule has 2 atom stereocenters. The lowest BCUT2D eigenvalue weighted by Gasteiger charge is -2.47. The molecule has 0 amide bonds. The van der Waals surface area contributed by atoms with Gasteiger partial charge in [-0.25, -0.2) is 12.8 Å². The van der Waals surface area contributed by atoms with Gasteiger partial charge >= 0.3 is 0 Å². The summed E-state index contributed by atoms with van der Waals surface area (Å²) in [5, 5.41) is 0. The van der Waals surface area contributed by atoms with Crippen molar-refractivity contribution in [2.24, 2.45) is 0 Å². The second-order valence-electron chi connectivity index (χ2n) is 10.3. The van der Waals surface area contributed by atoms with E-state index in [4.69, 9.17) is 0 Å². The Balaban J connectivity index is 1.28. The molecule has 0 saturated carbocycles. The number of sulfonamides is 1. The zero-order chi connectivity index (χ0) is 26.7. The number of halogens is 1. The Morgan fingerprint density at radius 2 is 1.65 bits per heavy atom. The minimum Gasteiger partial charge on any atom is -0.299 e. The fourth-order valence-corrected chi connectivity index (χ4v) is 7.13. The number of hydrogen-bond donors (Lipinski definition) is 0. The van der Waals surface area contributed by atoms with Crippen molar-refractivity contribution in [2.75, 3.05) is 26.2 Å². The molecule has 0 N–H and O–H groups in total. The molecule has 0 radical (unpaired) electrons. The minimum atomic E-state index is -3.46. The Morgan fingerprint density at radius 3 is 2.30 bits per heavy atom. The van der Waals surface area contributed by atoms with Crippen LogP contribution in [0, 0.1) is 26.6 Å². The van der Waals surface area contributed by atoms with E-state index in [0.29, 0.717) is 35.5 Å². The summed E-state index contributed by atoms with van der Waals surface area (Å²) < 4.78 is 41.6. The summed E-state index contributed by atoms with van der Waals surface area (Å²) in [6.45, 7) is 12.9. The van der Waals surface area contributed by atoms with Crippen molar-refractivity contribution in [3.63, 3.8) is 0 Å². The highest BCUT2D eigenvalue weighted by molar-refractivity contribution is 7.89. The summed E-state index contributed by atoms with van der Waals surface area (Å²) in [5.74, 6) is 0.343. The third-order valence-electron chi connectivity index (χ3n) is 8.13. The van der Waals surface area contributed by atoms with Crippen molar-refractivity contribution >= 4 is 10.0 Å². The average Bonchev–Trinajstić information content (AvgIpc) is 2.88. The lowest BCUT2D eigenvalue weighted by Crippen LogP contribution is -2.53. The summed E-state index contributed by atoms with van der Waals surface area (Å²) >= 11 is 0. The molecule has 3 aromatic rings. The van der Waals surface area contributed by atoms with Crippen LogP contribution in [0.2, 0.25) is 0 Å². The van der Waals surface area contributed by atoms with Gasteiger partial charge in [0.05, 0.1) is 4.90 Å². The Labute approximate surface area is 222 Å². The largest absolute Gasteiger partial charge is 0.299 e. The van der Waals surface area contributed by atoms with Gasteiger partial charge in [0, 0.05) is 31.6 Å². The van der Waals surface area contributed by atoms with Gasteiger partial charge in [-0.15, -0.1) is 0 Å². The first kappa shape index (κ1) is 27.5. The molecule has 0 aliphatic carbocycles. The van der Waals surface area contributed by atoms with Crippen LogP contribution in [0.4, 0.5) is 4.39 Å². The van der Waals surface area contributed by atoms with E-state index in [9.17, 15) is 12.8 Å². The van der Waals surface area contributed by atoms with E-state index in [1.54, 1.807) is 22.5 Å². The normalized spacial score (nSPS) is 18.2. The van der Waals surface area contributed by atoms with Crippen molar-refractivity contribution in [2.45, 2.75) is 64.3 Å². The first-order chi connectivity index (χ1) is 17.6. The lowest BCUT2D eigenvalue weighted by atomic mass is 9.82. The van der Waals surface area contributed by atoms with Crippen LogP contribution in [0.5, 0.6) is 0 Å². The first-order valence-electron chi connectivity index (χ1n) is 13.3. The quantitative estimate of drug-likeness (QED) is 0.278. The number of nitrogens with zero attached hydrogens (tertiary/aromatic N) is 2. The maximum atomic E-state index is 13.9. The monoisotopic (exact) mass is 522 g/mol. The summed E-state index contributed by atoms with van der Waals surface area (Å²) in [4.78, 5) is 2.89. The Hall–Kier alpha value is -2.54. The first-order valence-corrected chi connectivity index (χ1v) is 14.7. The average molecular weight is 523 g/mol. The van der Waals surface area contributed by atoms with Gasteiger partial charge in [0.25, 0.3) is 0 Å². The second-order valence-corrected chi connectivity index (χ2v) is 12.2. The maximum absolute atomic E-state index is 13.9. The minimum absolute atomic E-state index is 0.156. The molecule has 0 aromatic heterocycles. The summed E-state index contributed by atoms with van der Waals surface area (Å²) in [6.07, 6.45) is 1.82. The number of hydrogen-bond acceptors (Lipinski definition) is 3. The Kier molecular flexibility index (Phi) is 8.52. The van der Waals surface area contributed by atoms with Crippen LogP contribution in [-0.2, 0) is 10.0 Å². The van der Waals surface area contributed by atoms with E-state index < -0.39 is 10.0 Å². The van der Waals surface area contributed by atoms with Gasteiger partial charge < -0.3 is 0 Å². The van der Waals surface area contributed by atoms with Crippen molar-refractivity contribution in [3.05, 3.63) is 88.7 Å². The predicted octanol–water partition coefficient (Wildman–Crippen LogP) is 6.70. The van der Waals surface area contributed by atoms with Crippen molar-refractivity contribution in [1.29, 1.82) is 0 Å². The molecule has 2 unspecified atom stereocenters. The van der Waals surface area contributed by atoms with E-state index in [-0.39, 0.29) is 5.82 Å². The topological polar surface area (TPSA) is 40.6 Å². The Bertz CT molecular complexity index is 1340. The van der Waals surface area contributed by atoms with E-state index >= 15 is 0 Å². The van der Waals surface area contributed by atoms with Crippen LogP contribution in [0.1, 0.15) is 54.9 Å². The van der Waals surface area contributed by atoms with Crippen LogP contribution in [-0.4, -0.2) is 49.8 Å². The van der Waals surface area contributed by atoms with Crippen LogP contribution < -0.4 is 0 Å². The second kappa shape index (κ2) is 11.5. The number of rotatable bonds is 10. The van der Waals surface area contributed by atoms with Crippen LogP contribution in [0.25, 0.3) is 11.1 Å². The van der Waals surface area contributed by atoms with Crippen molar-refractivity contribution in [1.82, 2.24) is 9.21 Å². The number of likely N-dealkylation sites (tertiary alicyclic amines) is 1. The van der Waals surface area contributed by atoms with Gasteiger partial charge in [-0.3, -0.25) is 4.90 Å².